The van der Waals surface area contributed by atoms with Gasteiger partial charge in [-0.25, -0.2) is 0 Å². The van der Waals surface area contributed by atoms with Gasteiger partial charge in [0.2, 0.25) is 5.91 Å². The smallest absolute Gasteiger partial charge is 0.234 e. The van der Waals surface area contributed by atoms with Crippen LogP contribution in [0.15, 0.2) is 42.6 Å². The lowest BCUT2D eigenvalue weighted by molar-refractivity contribution is -0.128. The molecule has 1 aromatic carbocycles. The average Bonchev–Trinajstić information content (AvgIpc) is 3.33. The zero-order valence-electron chi connectivity index (χ0n) is 15.5. The number of pyridine rings is 1. The number of benzene rings is 1. The topological polar surface area (TPSA) is 51.7 Å². The maximum absolute atomic E-state index is 12.5. The van der Waals surface area contributed by atoms with Crippen LogP contribution in [0, 0.1) is 0 Å². The zero-order valence-corrected chi connectivity index (χ0v) is 16.3. The van der Waals surface area contributed by atoms with Crippen LogP contribution in [0.1, 0.15) is 42.3 Å². The van der Waals surface area contributed by atoms with Crippen molar-refractivity contribution in [2.75, 3.05) is 12.9 Å². The summed E-state index contributed by atoms with van der Waals surface area (Å²) < 4.78 is 11.7. The first kappa shape index (κ1) is 18.2. The van der Waals surface area contributed by atoms with Gasteiger partial charge in [0.15, 0.2) is 11.5 Å². The fourth-order valence-corrected chi connectivity index (χ4v) is 4.87. The van der Waals surface area contributed by atoms with E-state index in [1.165, 1.54) is 12.8 Å². The summed E-state index contributed by atoms with van der Waals surface area (Å²) in [6.07, 6.45) is 6.65. The second-order valence-corrected chi connectivity index (χ2v) is 8.01. The van der Waals surface area contributed by atoms with Crippen molar-refractivity contribution in [1.29, 1.82) is 0 Å². The van der Waals surface area contributed by atoms with Gasteiger partial charge < -0.3 is 14.4 Å². The Hall–Kier alpha value is -2.21. The summed E-state index contributed by atoms with van der Waals surface area (Å²) >= 11 is 1.65. The van der Waals surface area contributed by atoms with Crippen LogP contribution in [-0.4, -0.2) is 34.8 Å². The number of nitrogens with zero attached hydrogens (tertiary/aromatic N) is 2. The minimum Gasteiger partial charge on any atom is -0.493 e. The largest absolute Gasteiger partial charge is 0.493 e. The molecule has 4 rings (SSSR count). The Labute approximate surface area is 164 Å². The summed E-state index contributed by atoms with van der Waals surface area (Å²) in [7, 11) is 1.66. The van der Waals surface area contributed by atoms with E-state index >= 15 is 0 Å². The molecule has 1 unspecified atom stereocenters. The maximum Gasteiger partial charge on any atom is 0.234 e. The third kappa shape index (κ3) is 4.05. The van der Waals surface area contributed by atoms with Gasteiger partial charge in [-0.2, -0.15) is 0 Å². The second-order valence-electron chi connectivity index (χ2n) is 6.94. The fraction of sp³-hybridized carbons (Fsp3) is 0.429. The lowest BCUT2D eigenvalue weighted by Gasteiger charge is -2.25. The van der Waals surface area contributed by atoms with Gasteiger partial charge in [0.25, 0.3) is 0 Å². The molecular weight excluding hydrogens is 360 g/mol. The molecule has 2 heterocycles. The molecule has 2 aromatic rings. The SMILES string of the molecule is COc1ccc(C2SCC(=O)N2Cc2ccccn2)cc1OC1CCCC1. The van der Waals surface area contributed by atoms with Gasteiger partial charge in [-0.15, -0.1) is 11.8 Å². The molecule has 5 nitrogen and oxygen atoms in total. The minimum atomic E-state index is -0.0312. The van der Waals surface area contributed by atoms with Crippen molar-refractivity contribution in [2.45, 2.75) is 43.7 Å². The molecule has 1 aliphatic carbocycles. The number of thioether (sulfide) groups is 1. The van der Waals surface area contributed by atoms with Gasteiger partial charge in [-0.3, -0.25) is 9.78 Å². The molecule has 0 bridgehead atoms. The van der Waals surface area contributed by atoms with Crippen LogP contribution in [0.3, 0.4) is 0 Å². The highest BCUT2D eigenvalue weighted by Crippen LogP contribution is 2.42. The molecule has 0 N–H and O–H groups in total. The molecule has 1 aliphatic heterocycles. The quantitative estimate of drug-likeness (QED) is 0.748. The van der Waals surface area contributed by atoms with Gasteiger partial charge in [0.05, 0.1) is 31.2 Å². The standard InChI is InChI=1S/C21H24N2O3S/c1-25-18-10-9-15(12-19(18)26-17-7-2-3-8-17)21-23(20(24)14-27-21)13-16-6-4-5-11-22-16/h4-6,9-12,17,21H,2-3,7-8,13-14H2,1H3. The van der Waals surface area contributed by atoms with Crippen molar-refractivity contribution in [3.63, 3.8) is 0 Å². The first-order chi connectivity index (χ1) is 13.2. The van der Waals surface area contributed by atoms with Crippen molar-refractivity contribution in [2.24, 2.45) is 0 Å². The zero-order chi connectivity index (χ0) is 18.6. The van der Waals surface area contributed by atoms with Crippen molar-refractivity contribution >= 4 is 17.7 Å². The Balaban J connectivity index is 1.57. The Morgan fingerprint density at radius 1 is 1.19 bits per heavy atom. The first-order valence-electron chi connectivity index (χ1n) is 9.40. The molecule has 0 spiro atoms. The van der Waals surface area contributed by atoms with E-state index in [1.54, 1.807) is 25.1 Å². The van der Waals surface area contributed by atoms with Gasteiger partial charge in [-0.05, 0) is 55.5 Å². The maximum atomic E-state index is 12.5. The summed E-state index contributed by atoms with van der Waals surface area (Å²) in [5.41, 5.74) is 1.96. The normalized spacial score (nSPS) is 20.3. The molecule has 2 fully saturated rings. The number of aromatic nitrogens is 1. The summed E-state index contributed by atoms with van der Waals surface area (Å²) in [5.74, 6) is 2.16. The van der Waals surface area contributed by atoms with E-state index in [1.807, 2.05) is 41.3 Å². The summed E-state index contributed by atoms with van der Waals surface area (Å²) in [6, 6.07) is 11.8. The van der Waals surface area contributed by atoms with Crippen LogP contribution >= 0.6 is 11.8 Å². The first-order valence-corrected chi connectivity index (χ1v) is 10.4. The van der Waals surface area contributed by atoms with Gasteiger partial charge >= 0.3 is 0 Å². The summed E-state index contributed by atoms with van der Waals surface area (Å²) in [5, 5.41) is -0.0312. The third-order valence-electron chi connectivity index (χ3n) is 5.10. The van der Waals surface area contributed by atoms with E-state index in [0.29, 0.717) is 12.3 Å². The number of carbonyl (C=O) groups is 1. The van der Waals surface area contributed by atoms with Crippen molar-refractivity contribution < 1.29 is 14.3 Å². The van der Waals surface area contributed by atoms with E-state index in [2.05, 4.69) is 4.98 Å². The molecule has 0 radical (unpaired) electrons. The fourth-order valence-electron chi connectivity index (χ4n) is 3.69. The van der Waals surface area contributed by atoms with Gasteiger partial charge in [-0.1, -0.05) is 12.1 Å². The predicted molar refractivity (Wildman–Crippen MR) is 106 cm³/mol. The average molecular weight is 385 g/mol. The van der Waals surface area contributed by atoms with E-state index in [4.69, 9.17) is 9.47 Å². The highest BCUT2D eigenvalue weighted by molar-refractivity contribution is 8.00. The van der Waals surface area contributed by atoms with E-state index in [-0.39, 0.29) is 17.4 Å². The molecule has 1 saturated carbocycles. The molecular formula is C21H24N2O3S. The number of carbonyl (C=O) groups excluding carboxylic acids is 1. The predicted octanol–water partition coefficient (Wildman–Crippen LogP) is 4.19. The Bertz CT molecular complexity index is 793. The molecule has 142 valence electrons. The molecule has 1 atom stereocenters. The number of hydrogen-bond donors (Lipinski definition) is 0. The van der Waals surface area contributed by atoms with E-state index < -0.39 is 0 Å². The molecule has 1 amide bonds. The van der Waals surface area contributed by atoms with Crippen molar-refractivity contribution in [3.05, 3.63) is 53.9 Å². The lowest BCUT2D eigenvalue weighted by Crippen LogP contribution is -2.28. The second kappa shape index (κ2) is 8.21. The minimum absolute atomic E-state index is 0.0312. The highest BCUT2D eigenvalue weighted by Gasteiger charge is 2.33. The number of hydrogen-bond acceptors (Lipinski definition) is 5. The molecule has 1 aromatic heterocycles. The lowest BCUT2D eigenvalue weighted by atomic mass is 10.1. The van der Waals surface area contributed by atoms with Crippen LogP contribution in [0.5, 0.6) is 11.5 Å². The Morgan fingerprint density at radius 2 is 2.04 bits per heavy atom. The molecule has 1 saturated heterocycles. The van der Waals surface area contributed by atoms with E-state index in [0.717, 1.165) is 35.6 Å². The number of rotatable bonds is 6. The molecule has 27 heavy (non-hydrogen) atoms. The van der Waals surface area contributed by atoms with Crippen LogP contribution in [0.2, 0.25) is 0 Å². The Morgan fingerprint density at radius 3 is 2.78 bits per heavy atom. The third-order valence-corrected chi connectivity index (χ3v) is 6.35. The van der Waals surface area contributed by atoms with Crippen LogP contribution in [-0.2, 0) is 11.3 Å². The molecule has 6 heteroatoms. The summed E-state index contributed by atoms with van der Waals surface area (Å²) in [4.78, 5) is 18.7. The van der Waals surface area contributed by atoms with Crippen molar-refractivity contribution in [3.8, 4) is 11.5 Å². The molecule has 2 aliphatic rings. The number of amides is 1. The highest BCUT2D eigenvalue weighted by atomic mass is 32.2. The summed E-state index contributed by atoms with van der Waals surface area (Å²) in [6.45, 7) is 0.516. The van der Waals surface area contributed by atoms with Crippen molar-refractivity contribution in [1.82, 2.24) is 9.88 Å². The van der Waals surface area contributed by atoms with Crippen LogP contribution < -0.4 is 9.47 Å². The van der Waals surface area contributed by atoms with Gasteiger partial charge in [0.1, 0.15) is 5.37 Å². The van der Waals surface area contributed by atoms with Crippen LogP contribution in [0.25, 0.3) is 0 Å². The van der Waals surface area contributed by atoms with Gasteiger partial charge in [0, 0.05) is 6.20 Å². The van der Waals surface area contributed by atoms with E-state index in [9.17, 15) is 4.79 Å². The van der Waals surface area contributed by atoms with Crippen LogP contribution in [0.4, 0.5) is 0 Å². The number of methoxy groups -OCH3 is 1. The number of ether oxygens (including phenoxy) is 2. The Kier molecular flexibility index (Phi) is 5.53. The monoisotopic (exact) mass is 384 g/mol.